The summed E-state index contributed by atoms with van der Waals surface area (Å²) in [5.41, 5.74) is 12.1. The van der Waals surface area contributed by atoms with Gasteiger partial charge in [0.15, 0.2) is 0 Å². The summed E-state index contributed by atoms with van der Waals surface area (Å²) in [5.74, 6) is 1.53. The SMILES string of the molecule is CCN=C(N)C1=Cc2cc(-c3ccc(C(=O)N4CCCC4)cc3)ccc2NC(=NC)C1. The third-order valence-corrected chi connectivity index (χ3v) is 5.80. The maximum absolute atomic E-state index is 12.6. The molecule has 6 nitrogen and oxygen atoms in total. The first-order valence-corrected chi connectivity index (χ1v) is 10.9. The first-order valence-electron chi connectivity index (χ1n) is 10.9. The molecule has 0 unspecified atom stereocenters. The summed E-state index contributed by atoms with van der Waals surface area (Å²) in [6.45, 7) is 4.34. The van der Waals surface area contributed by atoms with Crippen LogP contribution in [-0.4, -0.2) is 49.2 Å². The van der Waals surface area contributed by atoms with Crippen LogP contribution >= 0.6 is 0 Å². The molecule has 1 fully saturated rings. The minimum Gasteiger partial charge on any atom is -0.384 e. The number of benzene rings is 2. The molecule has 160 valence electrons. The Morgan fingerprint density at radius 3 is 2.48 bits per heavy atom. The predicted octanol–water partition coefficient (Wildman–Crippen LogP) is 4.19. The molecule has 3 N–H and O–H groups in total. The number of nitrogens with two attached hydrogens (primary N) is 1. The second-order valence-corrected chi connectivity index (χ2v) is 7.88. The van der Waals surface area contributed by atoms with E-state index in [1.54, 1.807) is 7.05 Å². The van der Waals surface area contributed by atoms with Crippen molar-refractivity contribution in [3.8, 4) is 11.1 Å². The first-order chi connectivity index (χ1) is 15.1. The maximum atomic E-state index is 12.6. The Morgan fingerprint density at radius 2 is 1.81 bits per heavy atom. The van der Waals surface area contributed by atoms with Gasteiger partial charge in [0.1, 0.15) is 11.7 Å². The Kier molecular flexibility index (Phi) is 6.16. The molecule has 0 saturated carbocycles. The zero-order valence-electron chi connectivity index (χ0n) is 18.2. The first kappa shape index (κ1) is 20.8. The van der Waals surface area contributed by atoms with Gasteiger partial charge >= 0.3 is 0 Å². The van der Waals surface area contributed by atoms with E-state index in [9.17, 15) is 4.79 Å². The number of anilines is 1. The van der Waals surface area contributed by atoms with Crippen LogP contribution in [-0.2, 0) is 0 Å². The van der Waals surface area contributed by atoms with Crippen LogP contribution in [0.2, 0.25) is 0 Å². The van der Waals surface area contributed by atoms with E-state index < -0.39 is 0 Å². The van der Waals surface area contributed by atoms with Crippen molar-refractivity contribution in [2.24, 2.45) is 15.7 Å². The van der Waals surface area contributed by atoms with Crippen LogP contribution in [0.5, 0.6) is 0 Å². The molecule has 2 aromatic carbocycles. The number of nitrogens with zero attached hydrogens (tertiary/aromatic N) is 3. The van der Waals surface area contributed by atoms with Gasteiger partial charge in [-0.2, -0.15) is 0 Å². The van der Waals surface area contributed by atoms with Crippen LogP contribution in [0.15, 0.2) is 58.0 Å². The molecular formula is C25H29N5O. The Bertz CT molecular complexity index is 1060. The largest absolute Gasteiger partial charge is 0.384 e. The molecule has 0 aliphatic carbocycles. The van der Waals surface area contributed by atoms with E-state index in [0.29, 0.717) is 18.8 Å². The Labute approximate surface area is 183 Å². The highest BCUT2D eigenvalue weighted by Crippen LogP contribution is 2.30. The third-order valence-electron chi connectivity index (χ3n) is 5.80. The van der Waals surface area contributed by atoms with Gasteiger partial charge in [-0.1, -0.05) is 18.2 Å². The Morgan fingerprint density at radius 1 is 1.10 bits per heavy atom. The molecule has 2 aromatic rings. The van der Waals surface area contributed by atoms with Crippen molar-refractivity contribution in [3.05, 3.63) is 59.2 Å². The summed E-state index contributed by atoms with van der Waals surface area (Å²) in [7, 11) is 1.78. The number of hydrogen-bond donors (Lipinski definition) is 2. The Hall–Kier alpha value is -3.41. The molecule has 2 heterocycles. The van der Waals surface area contributed by atoms with Gasteiger partial charge in [-0.15, -0.1) is 0 Å². The van der Waals surface area contributed by atoms with Crippen molar-refractivity contribution < 1.29 is 4.79 Å². The molecule has 0 aromatic heterocycles. The molecule has 1 saturated heterocycles. The van der Waals surface area contributed by atoms with Gasteiger partial charge in [-0.3, -0.25) is 14.8 Å². The maximum Gasteiger partial charge on any atom is 0.253 e. The van der Waals surface area contributed by atoms with Crippen molar-refractivity contribution in [1.29, 1.82) is 0 Å². The van der Waals surface area contributed by atoms with E-state index in [-0.39, 0.29) is 5.91 Å². The molecule has 0 atom stereocenters. The second kappa shape index (κ2) is 9.16. The average Bonchev–Trinajstić information content (AvgIpc) is 3.26. The van der Waals surface area contributed by atoms with Crippen molar-refractivity contribution in [3.63, 3.8) is 0 Å². The molecule has 0 radical (unpaired) electrons. The van der Waals surface area contributed by atoms with Crippen LogP contribution < -0.4 is 11.1 Å². The van der Waals surface area contributed by atoms with E-state index >= 15 is 0 Å². The molecule has 4 rings (SSSR count). The van der Waals surface area contributed by atoms with Crippen molar-refractivity contribution >= 4 is 29.3 Å². The minimum atomic E-state index is 0.125. The lowest BCUT2D eigenvalue weighted by Crippen LogP contribution is -2.27. The average molecular weight is 416 g/mol. The molecule has 0 spiro atoms. The van der Waals surface area contributed by atoms with Crippen molar-refractivity contribution in [1.82, 2.24) is 4.90 Å². The van der Waals surface area contributed by atoms with Gasteiger partial charge in [-0.05, 0) is 66.8 Å². The number of rotatable bonds is 4. The number of amidine groups is 2. The highest BCUT2D eigenvalue weighted by atomic mass is 16.2. The fourth-order valence-electron chi connectivity index (χ4n) is 4.07. The lowest BCUT2D eigenvalue weighted by Gasteiger charge is -2.15. The van der Waals surface area contributed by atoms with Crippen molar-refractivity contribution in [2.45, 2.75) is 26.2 Å². The lowest BCUT2D eigenvalue weighted by molar-refractivity contribution is 0.0793. The zero-order valence-corrected chi connectivity index (χ0v) is 18.2. The van der Waals surface area contributed by atoms with Crippen LogP contribution in [0, 0.1) is 0 Å². The van der Waals surface area contributed by atoms with Crippen LogP contribution in [0.25, 0.3) is 17.2 Å². The fraction of sp³-hybridized carbons (Fsp3) is 0.320. The number of hydrogen-bond acceptors (Lipinski definition) is 3. The Balaban J connectivity index is 1.65. The molecule has 2 aliphatic heterocycles. The summed E-state index contributed by atoms with van der Waals surface area (Å²) >= 11 is 0. The number of carbonyl (C=O) groups is 1. The van der Waals surface area contributed by atoms with Gasteiger partial charge < -0.3 is 16.0 Å². The summed E-state index contributed by atoms with van der Waals surface area (Å²) < 4.78 is 0. The number of nitrogens with one attached hydrogen (secondary N) is 1. The monoisotopic (exact) mass is 415 g/mol. The van der Waals surface area contributed by atoms with Gasteiger partial charge in [0.05, 0.1) is 0 Å². The summed E-state index contributed by atoms with van der Waals surface area (Å²) in [6, 6.07) is 14.2. The summed E-state index contributed by atoms with van der Waals surface area (Å²) in [4.78, 5) is 23.3. The van der Waals surface area contributed by atoms with Crippen LogP contribution in [0.3, 0.4) is 0 Å². The normalized spacial score (nSPS) is 17.7. The van der Waals surface area contributed by atoms with E-state index in [0.717, 1.165) is 65.3 Å². The number of aliphatic imine (C=N–C) groups is 2. The van der Waals surface area contributed by atoms with E-state index in [2.05, 4.69) is 39.6 Å². The molecule has 1 amide bonds. The summed E-state index contributed by atoms with van der Waals surface area (Å²) in [6.07, 6.45) is 4.90. The number of likely N-dealkylation sites (tertiary alicyclic amines) is 1. The highest BCUT2D eigenvalue weighted by molar-refractivity contribution is 6.11. The lowest BCUT2D eigenvalue weighted by atomic mass is 9.99. The van der Waals surface area contributed by atoms with Crippen molar-refractivity contribution in [2.75, 3.05) is 32.0 Å². The topological polar surface area (TPSA) is 83.1 Å². The molecule has 0 bridgehead atoms. The van der Waals surface area contributed by atoms with Gasteiger partial charge in [-0.25, -0.2) is 0 Å². The van der Waals surface area contributed by atoms with E-state index in [1.807, 2.05) is 36.1 Å². The molecule has 2 aliphatic rings. The molecular weight excluding hydrogens is 386 g/mol. The number of fused-ring (bicyclic) bond motifs is 1. The standard InChI is InChI=1S/C25H29N5O/c1-3-28-24(26)21-15-20-14-19(10-11-22(20)29-23(16-21)27-2)17-6-8-18(9-7-17)25(31)30-12-4-5-13-30/h6-11,14-15H,3-5,12-13,16H2,1-2H3,(H2,26,28)(H,27,29). The predicted molar refractivity (Wildman–Crippen MR) is 129 cm³/mol. The van der Waals surface area contributed by atoms with Crippen LogP contribution in [0.1, 0.15) is 42.1 Å². The summed E-state index contributed by atoms with van der Waals surface area (Å²) in [5, 5.41) is 3.41. The number of amides is 1. The highest BCUT2D eigenvalue weighted by Gasteiger charge is 2.19. The number of carbonyl (C=O) groups excluding carboxylic acids is 1. The van der Waals surface area contributed by atoms with E-state index in [4.69, 9.17) is 5.73 Å². The zero-order chi connectivity index (χ0) is 21.8. The van der Waals surface area contributed by atoms with Gasteiger partial charge in [0, 0.05) is 49.9 Å². The molecule has 31 heavy (non-hydrogen) atoms. The van der Waals surface area contributed by atoms with Gasteiger partial charge in [0.2, 0.25) is 0 Å². The minimum absolute atomic E-state index is 0.125. The quantitative estimate of drug-likeness (QED) is 0.580. The van der Waals surface area contributed by atoms with Gasteiger partial charge in [0.25, 0.3) is 5.91 Å². The smallest absolute Gasteiger partial charge is 0.253 e. The fourth-order valence-corrected chi connectivity index (χ4v) is 4.07. The second-order valence-electron chi connectivity index (χ2n) is 7.88. The van der Waals surface area contributed by atoms with Crippen LogP contribution in [0.4, 0.5) is 5.69 Å². The molecule has 6 heteroatoms. The van der Waals surface area contributed by atoms with E-state index in [1.165, 1.54) is 0 Å². The third kappa shape index (κ3) is 4.53.